The molecule has 0 bridgehead atoms. The Hall–Kier alpha value is -1.51. The second-order valence-corrected chi connectivity index (χ2v) is 3.85. The summed E-state index contributed by atoms with van der Waals surface area (Å²) in [5.74, 6) is 1.01. The number of carbonyl (C=O) groups excluding carboxylic acids is 1. The lowest BCUT2D eigenvalue weighted by Gasteiger charge is -2.17. The molecule has 0 aliphatic rings. The summed E-state index contributed by atoms with van der Waals surface area (Å²) in [7, 11) is 3.47. The molecule has 0 aliphatic carbocycles. The van der Waals surface area contributed by atoms with Gasteiger partial charge < -0.3 is 9.64 Å². The van der Waals surface area contributed by atoms with Crippen LogP contribution in [0, 0.1) is 0 Å². The molecular formula is C13H19NO2. The number of hydrogen-bond acceptors (Lipinski definition) is 2. The van der Waals surface area contributed by atoms with Crippen LogP contribution in [0.1, 0.15) is 25.3 Å². The third-order valence-corrected chi connectivity index (χ3v) is 2.44. The van der Waals surface area contributed by atoms with Gasteiger partial charge in [0.15, 0.2) is 0 Å². The second-order valence-electron chi connectivity index (χ2n) is 3.85. The van der Waals surface area contributed by atoms with Crippen molar-refractivity contribution < 1.29 is 9.53 Å². The van der Waals surface area contributed by atoms with E-state index in [-0.39, 0.29) is 5.91 Å². The Morgan fingerprint density at radius 1 is 1.44 bits per heavy atom. The number of ether oxygens (including phenoxy) is 1. The van der Waals surface area contributed by atoms with Gasteiger partial charge in [-0.25, -0.2) is 0 Å². The monoisotopic (exact) mass is 221 g/mol. The Morgan fingerprint density at radius 3 is 2.81 bits per heavy atom. The summed E-state index contributed by atoms with van der Waals surface area (Å²) < 4.78 is 5.14. The van der Waals surface area contributed by atoms with Gasteiger partial charge in [0.1, 0.15) is 5.75 Å². The van der Waals surface area contributed by atoms with Gasteiger partial charge in [-0.05, 0) is 24.1 Å². The molecular weight excluding hydrogens is 202 g/mol. The Morgan fingerprint density at radius 2 is 2.19 bits per heavy atom. The number of carbonyl (C=O) groups is 1. The molecule has 16 heavy (non-hydrogen) atoms. The van der Waals surface area contributed by atoms with Crippen LogP contribution in [-0.4, -0.2) is 25.0 Å². The van der Waals surface area contributed by atoms with Gasteiger partial charge in [-0.1, -0.05) is 19.1 Å². The van der Waals surface area contributed by atoms with Crippen LogP contribution < -0.4 is 4.74 Å². The predicted octanol–water partition coefficient (Wildman–Crippen LogP) is 2.45. The molecule has 0 N–H and O–H groups in total. The van der Waals surface area contributed by atoms with E-state index in [9.17, 15) is 4.79 Å². The van der Waals surface area contributed by atoms with Crippen molar-refractivity contribution in [1.82, 2.24) is 4.90 Å². The lowest BCUT2D eigenvalue weighted by molar-refractivity contribution is -0.130. The first-order valence-corrected chi connectivity index (χ1v) is 5.54. The maximum absolute atomic E-state index is 11.6. The Kier molecular flexibility index (Phi) is 4.83. The summed E-state index contributed by atoms with van der Waals surface area (Å²) in [6.45, 7) is 2.65. The number of methoxy groups -OCH3 is 1. The van der Waals surface area contributed by atoms with Gasteiger partial charge in [0.05, 0.1) is 7.11 Å². The molecule has 0 aliphatic heterocycles. The fourth-order valence-electron chi connectivity index (χ4n) is 1.54. The highest BCUT2D eigenvalue weighted by atomic mass is 16.5. The Bertz CT molecular complexity index is 350. The number of hydrogen-bond donors (Lipinski definition) is 0. The third kappa shape index (κ3) is 3.57. The molecule has 0 unspecified atom stereocenters. The van der Waals surface area contributed by atoms with E-state index in [1.165, 1.54) is 0 Å². The molecule has 1 aromatic carbocycles. The molecule has 88 valence electrons. The summed E-state index contributed by atoms with van der Waals surface area (Å²) in [5, 5.41) is 0. The van der Waals surface area contributed by atoms with Crippen molar-refractivity contribution in [3.8, 4) is 5.75 Å². The van der Waals surface area contributed by atoms with Crippen LogP contribution in [0.25, 0.3) is 0 Å². The molecule has 3 nitrogen and oxygen atoms in total. The van der Waals surface area contributed by atoms with Crippen LogP contribution in [0.2, 0.25) is 0 Å². The fraction of sp³-hybridized carbons (Fsp3) is 0.462. The Balaban J connectivity index is 2.61. The zero-order valence-electron chi connectivity index (χ0n) is 10.2. The number of nitrogens with zero attached hydrogens (tertiary/aromatic N) is 1. The molecule has 3 heteroatoms. The highest BCUT2D eigenvalue weighted by molar-refractivity contribution is 5.75. The van der Waals surface area contributed by atoms with E-state index in [4.69, 9.17) is 4.74 Å². The van der Waals surface area contributed by atoms with Crippen LogP contribution in [0.4, 0.5) is 0 Å². The largest absolute Gasteiger partial charge is 0.497 e. The van der Waals surface area contributed by atoms with Crippen LogP contribution >= 0.6 is 0 Å². The van der Waals surface area contributed by atoms with Crippen LogP contribution in [0.3, 0.4) is 0 Å². The molecule has 0 spiro atoms. The number of rotatable bonds is 5. The minimum atomic E-state index is 0.185. The van der Waals surface area contributed by atoms with E-state index in [2.05, 4.69) is 0 Å². The van der Waals surface area contributed by atoms with Crippen molar-refractivity contribution in [3.05, 3.63) is 29.8 Å². The average Bonchev–Trinajstić information content (AvgIpc) is 2.29. The van der Waals surface area contributed by atoms with Crippen LogP contribution in [0.15, 0.2) is 24.3 Å². The molecule has 1 aromatic rings. The minimum absolute atomic E-state index is 0.185. The van der Waals surface area contributed by atoms with Crippen molar-refractivity contribution in [2.45, 2.75) is 26.3 Å². The van der Waals surface area contributed by atoms with Crippen molar-refractivity contribution >= 4 is 5.91 Å². The normalized spacial score (nSPS) is 9.94. The smallest absolute Gasteiger partial charge is 0.222 e. The van der Waals surface area contributed by atoms with Gasteiger partial charge >= 0.3 is 0 Å². The number of amides is 1. The predicted molar refractivity (Wildman–Crippen MR) is 64.4 cm³/mol. The van der Waals surface area contributed by atoms with E-state index in [0.29, 0.717) is 13.0 Å². The molecule has 0 atom stereocenters. The fourth-order valence-corrected chi connectivity index (χ4v) is 1.54. The standard InChI is InChI=1S/C13H19NO2/c1-4-6-13(15)14(2)10-11-7-5-8-12(9-11)16-3/h5,7-9H,4,6,10H2,1-3H3. The molecule has 1 amide bonds. The zero-order chi connectivity index (χ0) is 12.0. The summed E-state index contributed by atoms with van der Waals surface area (Å²) in [6.07, 6.45) is 1.50. The minimum Gasteiger partial charge on any atom is -0.497 e. The third-order valence-electron chi connectivity index (χ3n) is 2.44. The van der Waals surface area contributed by atoms with E-state index in [1.54, 1.807) is 12.0 Å². The molecule has 0 saturated carbocycles. The highest BCUT2D eigenvalue weighted by Crippen LogP contribution is 2.14. The summed E-state index contributed by atoms with van der Waals surface area (Å²) in [6, 6.07) is 7.79. The zero-order valence-corrected chi connectivity index (χ0v) is 10.2. The SMILES string of the molecule is CCCC(=O)N(C)Cc1cccc(OC)c1. The first kappa shape index (κ1) is 12.6. The topological polar surface area (TPSA) is 29.5 Å². The maximum Gasteiger partial charge on any atom is 0.222 e. The van der Waals surface area contributed by atoms with E-state index >= 15 is 0 Å². The van der Waals surface area contributed by atoms with Crippen LogP contribution in [-0.2, 0) is 11.3 Å². The molecule has 0 heterocycles. The van der Waals surface area contributed by atoms with Gasteiger partial charge in [0.2, 0.25) is 5.91 Å². The molecule has 0 saturated heterocycles. The number of benzene rings is 1. The van der Waals surface area contributed by atoms with Gasteiger partial charge in [-0.15, -0.1) is 0 Å². The van der Waals surface area contributed by atoms with Gasteiger partial charge in [-0.2, -0.15) is 0 Å². The lowest BCUT2D eigenvalue weighted by atomic mass is 10.2. The van der Waals surface area contributed by atoms with Gasteiger partial charge in [0.25, 0.3) is 0 Å². The lowest BCUT2D eigenvalue weighted by Crippen LogP contribution is -2.25. The molecule has 0 fully saturated rings. The summed E-state index contributed by atoms with van der Waals surface area (Å²) >= 11 is 0. The molecule has 0 radical (unpaired) electrons. The van der Waals surface area contributed by atoms with Crippen molar-refractivity contribution in [2.75, 3.05) is 14.2 Å². The average molecular weight is 221 g/mol. The van der Waals surface area contributed by atoms with Crippen LogP contribution in [0.5, 0.6) is 5.75 Å². The van der Waals surface area contributed by atoms with E-state index in [0.717, 1.165) is 17.7 Å². The summed E-state index contributed by atoms with van der Waals surface area (Å²) in [4.78, 5) is 13.3. The van der Waals surface area contributed by atoms with E-state index < -0.39 is 0 Å². The van der Waals surface area contributed by atoms with Crippen molar-refractivity contribution in [3.63, 3.8) is 0 Å². The molecule has 0 aromatic heterocycles. The summed E-state index contributed by atoms with van der Waals surface area (Å²) in [5.41, 5.74) is 1.09. The second kappa shape index (κ2) is 6.16. The van der Waals surface area contributed by atoms with E-state index in [1.807, 2.05) is 38.2 Å². The first-order valence-electron chi connectivity index (χ1n) is 5.54. The first-order chi connectivity index (χ1) is 7.67. The quantitative estimate of drug-likeness (QED) is 0.764. The molecule has 1 rings (SSSR count). The maximum atomic E-state index is 11.6. The Labute approximate surface area is 97.0 Å². The van der Waals surface area contributed by atoms with Crippen molar-refractivity contribution in [1.29, 1.82) is 0 Å². The van der Waals surface area contributed by atoms with Crippen molar-refractivity contribution in [2.24, 2.45) is 0 Å². The van der Waals surface area contributed by atoms with Gasteiger partial charge in [0, 0.05) is 20.0 Å². The highest BCUT2D eigenvalue weighted by Gasteiger charge is 2.07. The van der Waals surface area contributed by atoms with Gasteiger partial charge in [-0.3, -0.25) is 4.79 Å².